The largest absolute Gasteiger partial charge is 0.756 e. The highest BCUT2D eigenvalue weighted by Gasteiger charge is 2.47. The van der Waals surface area contributed by atoms with Crippen molar-refractivity contribution in [2.24, 2.45) is 0 Å². The van der Waals surface area contributed by atoms with E-state index in [0.29, 0.717) is 0 Å². The lowest BCUT2D eigenvalue weighted by atomic mass is 10.1. The Bertz CT molecular complexity index is 2090. The van der Waals surface area contributed by atoms with Crippen LogP contribution in [0.4, 0.5) is 5.82 Å². The predicted octanol–water partition coefficient (Wildman–Crippen LogP) is -5.09. The normalized spacial score (nSPS) is 30.1. The number of phosphoric acid groups is 4. The fraction of sp³-hybridized carbons (Fsp3) is 0.550. The average Bonchev–Trinajstić information content (AvgIpc) is 3.67. The van der Waals surface area contributed by atoms with E-state index in [1.54, 1.807) is 0 Å². The van der Waals surface area contributed by atoms with Crippen molar-refractivity contribution in [1.82, 2.24) is 24.5 Å². The van der Waals surface area contributed by atoms with Crippen molar-refractivity contribution in [1.29, 1.82) is 0 Å². The van der Waals surface area contributed by atoms with Gasteiger partial charge in [0.05, 0.1) is 19.3 Å². The molecule has 0 radical (unpaired) electrons. The summed E-state index contributed by atoms with van der Waals surface area (Å²) >= 11 is 0. The second-order valence-corrected chi connectivity index (χ2v) is 16.8. The van der Waals surface area contributed by atoms with Crippen LogP contribution in [0.2, 0.25) is 0 Å². The highest BCUT2D eigenvalue weighted by Crippen LogP contribution is 2.66. The van der Waals surface area contributed by atoms with Gasteiger partial charge in [0.1, 0.15) is 30.6 Å². The summed E-state index contributed by atoms with van der Waals surface area (Å²) < 4.78 is 80.6. The average molecular weight is 808 g/mol. The van der Waals surface area contributed by atoms with E-state index >= 15 is 0 Å². The van der Waals surface area contributed by atoms with Crippen molar-refractivity contribution in [2.75, 3.05) is 18.9 Å². The van der Waals surface area contributed by atoms with Crippen LogP contribution in [0.5, 0.6) is 0 Å². The summed E-state index contributed by atoms with van der Waals surface area (Å²) in [6.07, 6.45) is -7.82. The summed E-state index contributed by atoms with van der Waals surface area (Å²) in [5.74, 6) is 0.0193. The second-order valence-electron chi connectivity index (χ2n) is 10.7. The molecule has 2 fully saturated rings. The van der Waals surface area contributed by atoms with E-state index < -0.39 is 98.7 Å². The van der Waals surface area contributed by atoms with Crippen molar-refractivity contribution >= 4 is 48.3 Å². The van der Waals surface area contributed by atoms with Crippen molar-refractivity contribution < 1.29 is 89.2 Å². The van der Waals surface area contributed by atoms with E-state index in [1.807, 2.05) is 4.98 Å². The minimum absolute atomic E-state index is 0.0193. The van der Waals surface area contributed by atoms with Gasteiger partial charge < -0.3 is 59.1 Å². The standard InChI is InChI=1S/C20H29N7O20P4/c1-8-3-26(20(32)25-18(8)31)12-2-9(28)10(43-12)4-41-48(33,34)45-50(37,38)47-51(39,40)46-49(35,36)42-5-11-14(29)15(30)19(44-11)27-7-24-13-16(21)22-6-23-17(13)27/h3,6-7,9-12,14-15,19,28-30H,2,4-5H2,1H3,(H7,21,22,23,25,31,32,33,34,35,36,37,38,39,40)/p-3/t9-,10+,11+,12+,14+,15+,19+/m0/s1. The molecule has 11 atom stereocenters. The molecule has 0 spiro atoms. The number of hydrogen-bond acceptors (Lipinski definition) is 23. The number of imidazole rings is 1. The van der Waals surface area contributed by atoms with Crippen molar-refractivity contribution in [2.45, 2.75) is 56.3 Å². The molecular weight excluding hydrogens is 782 g/mol. The van der Waals surface area contributed by atoms with E-state index in [4.69, 9.17) is 15.2 Å². The number of nitrogens with two attached hydrogens (primary N) is 1. The SMILES string of the molecule is Cc1cn([C@H]2C[C@H](O)[C@@H](COP(=O)([O-])OP(=O)([O-])OP(=O)([O-])OP(=O)([O-])OC[C@H]3O[C@@H]([n+]4c[nH]c5c(N)ncnc54)[C@H](O)[C@@H]3O)O2)c(=O)[nH]c1=O. The first kappa shape index (κ1) is 39.6. The third-order valence-electron chi connectivity index (χ3n) is 7.11. The number of fused-ring (bicyclic) bond motifs is 1. The van der Waals surface area contributed by atoms with Gasteiger partial charge in [-0.05, 0) is 6.92 Å². The number of nitrogens with zero attached hydrogens (tertiary/aromatic N) is 4. The zero-order valence-electron chi connectivity index (χ0n) is 25.3. The molecule has 0 aromatic carbocycles. The van der Waals surface area contributed by atoms with Crippen molar-refractivity contribution in [3.05, 3.63) is 45.3 Å². The van der Waals surface area contributed by atoms with E-state index in [9.17, 15) is 62.7 Å². The molecule has 5 rings (SSSR count). The molecule has 4 unspecified atom stereocenters. The fourth-order valence-corrected chi connectivity index (χ4v) is 9.57. The molecule has 2 aliphatic rings. The third-order valence-corrected chi connectivity index (χ3v) is 12.8. The van der Waals surface area contributed by atoms with Gasteiger partial charge in [0.2, 0.25) is 11.7 Å². The molecule has 5 heterocycles. The molecule has 0 saturated carbocycles. The van der Waals surface area contributed by atoms with Gasteiger partial charge in [0, 0.05) is 18.2 Å². The molecule has 51 heavy (non-hydrogen) atoms. The van der Waals surface area contributed by atoms with Crippen LogP contribution in [-0.4, -0.2) is 83.6 Å². The topological polar surface area (TPSA) is 412 Å². The summed E-state index contributed by atoms with van der Waals surface area (Å²) in [5.41, 5.74) is 4.52. The van der Waals surface area contributed by atoms with E-state index in [0.717, 1.165) is 17.1 Å². The summed E-state index contributed by atoms with van der Waals surface area (Å²) in [7, 11) is -25.3. The van der Waals surface area contributed by atoms with Gasteiger partial charge in [-0.15, -0.1) is 0 Å². The number of aliphatic hydroxyl groups excluding tert-OH is 3. The first-order valence-electron chi connectivity index (χ1n) is 13.9. The van der Waals surface area contributed by atoms with Gasteiger partial charge >= 0.3 is 11.3 Å². The summed E-state index contributed by atoms with van der Waals surface area (Å²) in [5, 5.41) is 31.0. The highest BCUT2D eigenvalue weighted by molar-refractivity contribution is 7.68. The number of nitrogens with one attached hydrogen (secondary N) is 2. The monoisotopic (exact) mass is 808 g/mol. The molecule has 0 bridgehead atoms. The molecule has 3 aromatic rings. The Morgan fingerprint density at radius 1 is 0.941 bits per heavy atom. The van der Waals surface area contributed by atoms with Crippen LogP contribution in [0.15, 0.2) is 28.4 Å². The Morgan fingerprint density at radius 3 is 2.16 bits per heavy atom. The lowest BCUT2D eigenvalue weighted by molar-refractivity contribution is -0.745. The fourth-order valence-electron chi connectivity index (χ4n) is 4.82. The van der Waals surface area contributed by atoms with Crippen LogP contribution in [0.25, 0.3) is 11.2 Å². The molecule has 7 N–H and O–H groups in total. The maximum Gasteiger partial charge on any atom is 0.330 e. The molecular formula is C20H26N7O20P4-3. The number of aromatic nitrogens is 6. The number of hydrogen-bond donors (Lipinski definition) is 6. The third kappa shape index (κ3) is 9.31. The van der Waals surface area contributed by atoms with Crippen LogP contribution >= 0.6 is 31.3 Å². The smallest absolute Gasteiger partial charge is 0.330 e. The summed E-state index contributed by atoms with van der Waals surface area (Å²) in [6.45, 7) is -0.992. The van der Waals surface area contributed by atoms with E-state index in [-0.39, 0.29) is 29.0 Å². The van der Waals surface area contributed by atoms with Crippen molar-refractivity contribution in [3.8, 4) is 0 Å². The zero-order chi connectivity index (χ0) is 37.7. The molecule has 0 aliphatic carbocycles. The molecule has 284 valence electrons. The van der Waals surface area contributed by atoms with Gasteiger partial charge in [0.15, 0.2) is 18.5 Å². The van der Waals surface area contributed by atoms with E-state index in [2.05, 4.69) is 36.9 Å². The van der Waals surface area contributed by atoms with E-state index in [1.165, 1.54) is 17.8 Å². The Hall–Kier alpha value is -2.61. The van der Waals surface area contributed by atoms with Crippen molar-refractivity contribution in [3.63, 3.8) is 0 Å². The maximum absolute atomic E-state index is 12.2. The number of aryl methyl sites for hydroxylation is 1. The Labute approximate surface area is 282 Å². The molecule has 31 heteroatoms. The van der Waals surface area contributed by atoms with Crippen LogP contribution in [0, 0.1) is 6.92 Å². The predicted molar refractivity (Wildman–Crippen MR) is 151 cm³/mol. The minimum Gasteiger partial charge on any atom is -0.756 e. The number of aliphatic hydroxyl groups is 3. The summed E-state index contributed by atoms with van der Waals surface area (Å²) in [6, 6.07) is 0. The first-order valence-corrected chi connectivity index (χ1v) is 19.7. The number of anilines is 1. The van der Waals surface area contributed by atoms with Crippen LogP contribution in [-0.2, 0) is 49.7 Å². The molecule has 3 aromatic heterocycles. The second kappa shape index (κ2) is 14.7. The van der Waals surface area contributed by atoms with Gasteiger partial charge in [-0.2, -0.15) is 4.98 Å². The Morgan fingerprint density at radius 2 is 1.53 bits per heavy atom. The Balaban J connectivity index is 1.13. The zero-order valence-corrected chi connectivity index (χ0v) is 28.9. The van der Waals surface area contributed by atoms with Crippen LogP contribution < -0.4 is 41.1 Å². The lowest BCUT2D eigenvalue weighted by Gasteiger charge is -2.36. The Kier molecular flexibility index (Phi) is 11.4. The highest BCUT2D eigenvalue weighted by atomic mass is 31.3. The minimum atomic E-state index is -6.57. The molecule has 0 amide bonds. The number of ether oxygens (including phenoxy) is 2. The van der Waals surface area contributed by atoms with Crippen LogP contribution in [0.3, 0.4) is 0 Å². The number of aromatic amines is 2. The summed E-state index contributed by atoms with van der Waals surface area (Å²) in [4.78, 5) is 84.5. The number of nitrogen functional groups attached to an aromatic ring is 1. The van der Waals surface area contributed by atoms with Gasteiger partial charge in [-0.25, -0.2) is 22.3 Å². The number of rotatable bonds is 14. The van der Waals surface area contributed by atoms with Gasteiger partial charge in [-0.3, -0.25) is 37.6 Å². The quantitative estimate of drug-likeness (QED) is 0.0655. The maximum atomic E-state index is 12.2. The van der Waals surface area contributed by atoms with Gasteiger partial charge in [0.25, 0.3) is 36.9 Å². The van der Waals surface area contributed by atoms with Gasteiger partial charge in [-0.1, -0.05) is 4.98 Å². The molecule has 27 nitrogen and oxygen atoms in total. The number of phosphoric ester groups is 2. The number of H-pyrrole nitrogens is 2. The first-order chi connectivity index (χ1) is 23.6. The van der Waals surface area contributed by atoms with Crippen LogP contribution in [0.1, 0.15) is 24.4 Å². The lowest BCUT2D eigenvalue weighted by Crippen LogP contribution is -2.45. The molecule has 2 aliphatic heterocycles. The molecule has 2 saturated heterocycles.